The molecule has 20 heavy (non-hydrogen) atoms. The van der Waals surface area contributed by atoms with E-state index in [1.165, 1.54) is 25.7 Å². The van der Waals surface area contributed by atoms with Crippen LogP contribution in [0.25, 0.3) is 0 Å². The molecule has 1 aliphatic heterocycles. The third-order valence-corrected chi connectivity index (χ3v) is 4.22. The van der Waals surface area contributed by atoms with E-state index in [0.717, 1.165) is 39.1 Å². The quantitative estimate of drug-likeness (QED) is 0.731. The third kappa shape index (κ3) is 5.77. The Bertz CT molecular complexity index is 291. The van der Waals surface area contributed by atoms with E-state index in [-0.39, 0.29) is 12.0 Å². The van der Waals surface area contributed by atoms with Crippen LogP contribution in [0.3, 0.4) is 0 Å². The minimum absolute atomic E-state index is 0.126. The van der Waals surface area contributed by atoms with Gasteiger partial charge in [0.25, 0.3) is 0 Å². The van der Waals surface area contributed by atoms with Crippen molar-refractivity contribution in [3.05, 3.63) is 0 Å². The number of hydrogen-bond donors (Lipinski definition) is 2. The largest absolute Gasteiger partial charge is 0.374 e. The van der Waals surface area contributed by atoms with Crippen molar-refractivity contribution in [2.75, 3.05) is 39.8 Å². The number of amides is 1. The molecule has 1 atom stereocenters. The van der Waals surface area contributed by atoms with E-state index >= 15 is 0 Å². The first-order chi connectivity index (χ1) is 9.74. The summed E-state index contributed by atoms with van der Waals surface area (Å²) in [6, 6.07) is 0.392. The summed E-state index contributed by atoms with van der Waals surface area (Å²) in [5.41, 5.74) is 0. The number of likely N-dealkylation sites (N-methyl/N-ethyl adjacent to an activating group) is 1. The number of ether oxygens (including phenoxy) is 1. The van der Waals surface area contributed by atoms with E-state index in [0.29, 0.717) is 12.6 Å². The van der Waals surface area contributed by atoms with E-state index in [9.17, 15) is 4.79 Å². The molecule has 0 radical (unpaired) electrons. The molecule has 1 saturated carbocycles. The molecular formula is C15H29N3O2. The van der Waals surface area contributed by atoms with Crippen LogP contribution in [-0.4, -0.2) is 62.8 Å². The molecular weight excluding hydrogens is 254 g/mol. The molecule has 1 aliphatic carbocycles. The van der Waals surface area contributed by atoms with Crippen molar-refractivity contribution in [3.8, 4) is 0 Å². The Morgan fingerprint density at radius 3 is 2.70 bits per heavy atom. The highest BCUT2D eigenvalue weighted by molar-refractivity contribution is 5.78. The van der Waals surface area contributed by atoms with Gasteiger partial charge in [-0.15, -0.1) is 0 Å². The van der Waals surface area contributed by atoms with Gasteiger partial charge in [0.1, 0.15) is 0 Å². The van der Waals surface area contributed by atoms with Crippen molar-refractivity contribution in [1.82, 2.24) is 15.5 Å². The Labute approximate surface area is 122 Å². The van der Waals surface area contributed by atoms with Crippen LogP contribution in [-0.2, 0) is 9.53 Å². The number of rotatable bonds is 5. The maximum atomic E-state index is 11.9. The zero-order valence-corrected chi connectivity index (χ0v) is 12.7. The number of carbonyl (C=O) groups excluding carboxylic acids is 1. The van der Waals surface area contributed by atoms with Crippen molar-refractivity contribution in [3.63, 3.8) is 0 Å². The van der Waals surface area contributed by atoms with Gasteiger partial charge in [0.2, 0.25) is 5.91 Å². The van der Waals surface area contributed by atoms with Crippen molar-refractivity contribution in [2.45, 2.75) is 50.7 Å². The summed E-state index contributed by atoms with van der Waals surface area (Å²) in [6.45, 7) is 3.88. The summed E-state index contributed by atoms with van der Waals surface area (Å²) in [6.07, 6.45) is 7.62. The smallest absolute Gasteiger partial charge is 0.234 e. The molecule has 2 rings (SSSR count). The van der Waals surface area contributed by atoms with E-state index in [1.807, 2.05) is 0 Å². The molecule has 0 aromatic carbocycles. The molecule has 2 N–H and O–H groups in total. The molecule has 2 fully saturated rings. The van der Waals surface area contributed by atoms with Gasteiger partial charge in [-0.3, -0.25) is 4.79 Å². The molecule has 0 aromatic rings. The van der Waals surface area contributed by atoms with E-state index < -0.39 is 0 Å². The third-order valence-electron chi connectivity index (χ3n) is 4.22. The molecule has 1 saturated heterocycles. The minimum atomic E-state index is 0.126. The average Bonchev–Trinajstić information content (AvgIpc) is 2.67. The number of carbonyl (C=O) groups is 1. The molecule has 2 aliphatic rings. The van der Waals surface area contributed by atoms with Gasteiger partial charge in [0.05, 0.1) is 19.3 Å². The first kappa shape index (κ1) is 15.7. The predicted octanol–water partition coefficient (Wildman–Crippen LogP) is 0.746. The molecule has 0 unspecified atom stereocenters. The summed E-state index contributed by atoms with van der Waals surface area (Å²) in [4.78, 5) is 14.2. The van der Waals surface area contributed by atoms with Gasteiger partial charge >= 0.3 is 0 Å². The Kier molecular flexibility index (Phi) is 6.76. The predicted molar refractivity (Wildman–Crippen MR) is 79.7 cm³/mol. The van der Waals surface area contributed by atoms with Gasteiger partial charge in [-0.25, -0.2) is 0 Å². The topological polar surface area (TPSA) is 53.6 Å². The number of hydrogen-bond acceptors (Lipinski definition) is 4. The van der Waals surface area contributed by atoms with Gasteiger partial charge in [-0.1, -0.05) is 25.7 Å². The summed E-state index contributed by atoms with van der Waals surface area (Å²) in [5.74, 6) is 0.126. The highest BCUT2D eigenvalue weighted by Gasteiger charge is 2.18. The molecule has 5 heteroatoms. The highest BCUT2D eigenvalue weighted by atomic mass is 16.5. The van der Waals surface area contributed by atoms with Crippen molar-refractivity contribution < 1.29 is 9.53 Å². The lowest BCUT2D eigenvalue weighted by Crippen LogP contribution is -2.47. The normalized spacial score (nSPS) is 26.1. The van der Waals surface area contributed by atoms with Crippen LogP contribution >= 0.6 is 0 Å². The molecule has 1 heterocycles. The van der Waals surface area contributed by atoms with E-state index in [2.05, 4.69) is 22.6 Å². The zero-order valence-electron chi connectivity index (χ0n) is 12.7. The molecule has 1 amide bonds. The van der Waals surface area contributed by atoms with Crippen molar-refractivity contribution >= 4 is 5.91 Å². The van der Waals surface area contributed by atoms with E-state index in [4.69, 9.17) is 4.74 Å². The van der Waals surface area contributed by atoms with Crippen LogP contribution in [0.4, 0.5) is 0 Å². The van der Waals surface area contributed by atoms with Gasteiger partial charge in [0, 0.05) is 25.7 Å². The van der Waals surface area contributed by atoms with Crippen molar-refractivity contribution in [1.29, 1.82) is 0 Å². The first-order valence-electron chi connectivity index (χ1n) is 8.04. The fraction of sp³-hybridized carbons (Fsp3) is 0.933. The van der Waals surface area contributed by atoms with Gasteiger partial charge < -0.3 is 20.3 Å². The second-order valence-electron chi connectivity index (χ2n) is 6.14. The van der Waals surface area contributed by atoms with Gasteiger partial charge in [-0.2, -0.15) is 0 Å². The Balaban J connectivity index is 1.57. The second-order valence-corrected chi connectivity index (χ2v) is 6.14. The van der Waals surface area contributed by atoms with Crippen LogP contribution in [0.1, 0.15) is 38.5 Å². The maximum absolute atomic E-state index is 11.9. The van der Waals surface area contributed by atoms with Crippen molar-refractivity contribution in [2.24, 2.45) is 0 Å². The van der Waals surface area contributed by atoms with Crippen LogP contribution in [0.15, 0.2) is 0 Å². The van der Waals surface area contributed by atoms with Gasteiger partial charge in [0.15, 0.2) is 0 Å². The summed E-state index contributed by atoms with van der Waals surface area (Å²) in [7, 11) is 2.11. The Morgan fingerprint density at radius 1 is 1.25 bits per heavy atom. The molecule has 0 bridgehead atoms. The fourth-order valence-corrected chi connectivity index (χ4v) is 3.04. The molecule has 5 nitrogen and oxygen atoms in total. The summed E-state index contributed by atoms with van der Waals surface area (Å²) in [5, 5.41) is 6.37. The highest BCUT2D eigenvalue weighted by Crippen LogP contribution is 2.16. The lowest BCUT2D eigenvalue weighted by Gasteiger charge is -2.30. The zero-order chi connectivity index (χ0) is 14.2. The summed E-state index contributed by atoms with van der Waals surface area (Å²) >= 11 is 0. The fourth-order valence-electron chi connectivity index (χ4n) is 3.04. The maximum Gasteiger partial charge on any atom is 0.234 e. The lowest BCUT2D eigenvalue weighted by molar-refractivity contribution is -0.121. The van der Waals surface area contributed by atoms with E-state index in [1.54, 1.807) is 0 Å². The van der Waals surface area contributed by atoms with Crippen LogP contribution in [0.5, 0.6) is 0 Å². The summed E-state index contributed by atoms with van der Waals surface area (Å²) < 4.78 is 5.66. The molecule has 0 aromatic heterocycles. The SMILES string of the molecule is CN1CCO[C@@H](CNCC(=O)NC2CCCCCC2)C1. The van der Waals surface area contributed by atoms with Crippen LogP contribution < -0.4 is 10.6 Å². The first-order valence-corrected chi connectivity index (χ1v) is 8.04. The van der Waals surface area contributed by atoms with Crippen LogP contribution in [0.2, 0.25) is 0 Å². The standard InChI is InChI=1S/C15H29N3O2/c1-18-8-9-20-14(12-18)10-16-11-15(19)17-13-6-4-2-3-5-7-13/h13-14,16H,2-12H2,1H3,(H,17,19)/t14-/m0/s1. The Hall–Kier alpha value is -0.650. The second kappa shape index (κ2) is 8.60. The number of nitrogens with one attached hydrogen (secondary N) is 2. The average molecular weight is 283 g/mol. The monoisotopic (exact) mass is 283 g/mol. The lowest BCUT2D eigenvalue weighted by atomic mass is 10.1. The van der Waals surface area contributed by atoms with Gasteiger partial charge in [-0.05, 0) is 19.9 Å². The minimum Gasteiger partial charge on any atom is -0.374 e. The number of morpholine rings is 1. The Morgan fingerprint density at radius 2 is 2.00 bits per heavy atom. The molecule has 0 spiro atoms. The molecule has 116 valence electrons. The number of nitrogens with zero attached hydrogens (tertiary/aromatic N) is 1. The van der Waals surface area contributed by atoms with Crippen LogP contribution in [0, 0.1) is 0 Å².